The number of aliphatic hydroxyl groups excluding tert-OH is 1. The van der Waals surface area contributed by atoms with Gasteiger partial charge in [-0.1, -0.05) is 27.5 Å². The molecule has 1 aliphatic rings. The van der Waals surface area contributed by atoms with E-state index in [9.17, 15) is 9.90 Å². The van der Waals surface area contributed by atoms with Gasteiger partial charge in [0, 0.05) is 17.1 Å². The number of hydrogen-bond acceptors (Lipinski definition) is 3. The van der Waals surface area contributed by atoms with E-state index in [1.165, 1.54) is 7.05 Å². The summed E-state index contributed by atoms with van der Waals surface area (Å²) in [6, 6.07) is 3.28. The van der Waals surface area contributed by atoms with Crippen LogP contribution in [0.25, 0.3) is 0 Å². The van der Waals surface area contributed by atoms with E-state index in [4.69, 9.17) is 21.4 Å². The molecule has 2 atom stereocenters. The maximum absolute atomic E-state index is 10.8. The van der Waals surface area contributed by atoms with Crippen LogP contribution in [0.15, 0.2) is 16.6 Å². The Hall–Kier alpha value is -0.980. The van der Waals surface area contributed by atoms with Crippen LogP contribution in [0.1, 0.15) is 11.7 Å². The molecule has 0 spiro atoms. The molecule has 5 nitrogen and oxygen atoms in total. The number of halogens is 2. The van der Waals surface area contributed by atoms with E-state index in [1.807, 2.05) is 0 Å². The normalized spacial score (nSPS) is 21.9. The Morgan fingerprint density at radius 3 is 2.82 bits per heavy atom. The van der Waals surface area contributed by atoms with Gasteiger partial charge >= 0.3 is 6.09 Å². The van der Waals surface area contributed by atoms with E-state index in [0.29, 0.717) is 20.8 Å². The van der Waals surface area contributed by atoms with Crippen molar-refractivity contribution in [1.29, 1.82) is 0 Å². The molecule has 0 aromatic heterocycles. The fourth-order valence-corrected chi connectivity index (χ4v) is 2.54. The average molecular weight is 323 g/mol. The second-order valence-electron chi connectivity index (χ2n) is 3.65. The third-order valence-electron chi connectivity index (χ3n) is 2.55. The quantitative estimate of drug-likeness (QED) is 0.833. The Labute approximate surface area is 111 Å². The van der Waals surface area contributed by atoms with Gasteiger partial charge in [0.2, 0.25) is 6.23 Å². The number of likely N-dealkylation sites (N-methyl/N-ethyl adjacent to an activating group) is 1. The molecule has 0 saturated carbocycles. The van der Waals surface area contributed by atoms with Crippen molar-refractivity contribution in [3.05, 3.63) is 27.2 Å². The van der Waals surface area contributed by atoms with Gasteiger partial charge in [-0.05, 0) is 12.1 Å². The van der Waals surface area contributed by atoms with Gasteiger partial charge in [0.05, 0.1) is 5.02 Å². The molecule has 17 heavy (non-hydrogen) atoms. The number of hydrogen-bond donors (Lipinski definition) is 2. The van der Waals surface area contributed by atoms with E-state index >= 15 is 0 Å². The predicted octanol–water partition coefficient (Wildman–Crippen LogP) is 2.46. The van der Waals surface area contributed by atoms with Crippen molar-refractivity contribution in [2.24, 2.45) is 0 Å². The second kappa shape index (κ2) is 4.36. The smallest absolute Gasteiger partial charge is 0.410 e. The van der Waals surface area contributed by atoms with Crippen molar-refractivity contribution < 1.29 is 19.7 Å². The fraction of sp³-hybridized carbons (Fsp3) is 0.300. The number of aliphatic hydroxyl groups is 1. The molecule has 0 aliphatic carbocycles. The summed E-state index contributed by atoms with van der Waals surface area (Å²) < 4.78 is 6.07. The number of nitrogens with zero attached hydrogens (tertiary/aromatic N) is 1. The lowest BCUT2D eigenvalue weighted by Gasteiger charge is -2.23. The first kappa shape index (κ1) is 12.5. The summed E-state index contributed by atoms with van der Waals surface area (Å²) in [4.78, 5) is 11.7. The first-order chi connectivity index (χ1) is 7.91. The number of carboxylic acid groups (broad SMARTS) is 1. The lowest BCUT2D eigenvalue weighted by atomic mass is 10.1. The van der Waals surface area contributed by atoms with Gasteiger partial charge in [0.15, 0.2) is 0 Å². The van der Waals surface area contributed by atoms with Crippen molar-refractivity contribution in [1.82, 2.24) is 4.90 Å². The summed E-state index contributed by atoms with van der Waals surface area (Å²) in [5.74, 6) is 0.320. The first-order valence-electron chi connectivity index (χ1n) is 4.71. The van der Waals surface area contributed by atoms with Crippen LogP contribution in [0, 0.1) is 0 Å². The Kier molecular flexibility index (Phi) is 3.20. The summed E-state index contributed by atoms with van der Waals surface area (Å²) in [5.41, 5.74) is 0.475. The van der Waals surface area contributed by atoms with Crippen molar-refractivity contribution >= 4 is 33.6 Å². The molecule has 0 radical (unpaired) electrons. The molecule has 1 aliphatic heterocycles. The maximum atomic E-state index is 10.8. The van der Waals surface area contributed by atoms with Crippen LogP contribution in [0.2, 0.25) is 5.02 Å². The Morgan fingerprint density at radius 1 is 1.59 bits per heavy atom. The number of ether oxygens (including phenoxy) is 1. The molecule has 2 unspecified atom stereocenters. The molecule has 1 aromatic rings. The molecule has 0 saturated heterocycles. The largest absolute Gasteiger partial charge is 0.465 e. The van der Waals surface area contributed by atoms with Crippen molar-refractivity contribution in [3.8, 4) is 5.75 Å². The fourth-order valence-electron chi connectivity index (χ4n) is 1.66. The second-order valence-corrected chi connectivity index (χ2v) is 4.98. The maximum Gasteiger partial charge on any atom is 0.410 e. The summed E-state index contributed by atoms with van der Waals surface area (Å²) in [5, 5.41) is 19.2. The van der Waals surface area contributed by atoms with E-state index in [-0.39, 0.29) is 0 Å². The third kappa shape index (κ3) is 2.08. The number of carbonyl (C=O) groups is 1. The molecule has 0 bridgehead atoms. The molecular weight excluding hydrogens is 313 g/mol. The summed E-state index contributed by atoms with van der Waals surface area (Å²) >= 11 is 9.21. The van der Waals surface area contributed by atoms with Crippen molar-refractivity contribution in [2.75, 3.05) is 7.05 Å². The summed E-state index contributed by atoms with van der Waals surface area (Å²) in [7, 11) is 1.32. The number of rotatable bonds is 1. The standard InChI is InChI=1S/C10H9BrClNO4/c1-13(10(15)16)9-7(14)5-2-4(11)3-6(12)8(5)17-9/h2-3,7,9,14H,1H3,(H,15,16). The van der Waals surface area contributed by atoms with E-state index in [1.54, 1.807) is 12.1 Å². The summed E-state index contributed by atoms with van der Waals surface area (Å²) in [6.45, 7) is 0. The molecule has 92 valence electrons. The zero-order valence-corrected chi connectivity index (χ0v) is 11.1. The monoisotopic (exact) mass is 321 g/mol. The highest BCUT2D eigenvalue weighted by Gasteiger charge is 2.39. The molecule has 7 heteroatoms. The molecule has 0 fully saturated rings. The van der Waals surface area contributed by atoms with Crippen LogP contribution in [0.3, 0.4) is 0 Å². The Bertz CT molecular complexity index is 482. The highest BCUT2D eigenvalue weighted by Crippen LogP contribution is 2.44. The third-order valence-corrected chi connectivity index (χ3v) is 3.29. The SMILES string of the molecule is CN(C(=O)O)C1Oc2c(Cl)cc(Br)cc2C1O. The van der Waals surface area contributed by atoms with Gasteiger partial charge in [0.25, 0.3) is 0 Å². The zero-order chi connectivity index (χ0) is 12.7. The van der Waals surface area contributed by atoms with E-state index in [0.717, 1.165) is 4.90 Å². The van der Waals surface area contributed by atoms with Gasteiger partial charge < -0.3 is 14.9 Å². The molecular formula is C10H9BrClNO4. The molecule has 1 amide bonds. The van der Waals surface area contributed by atoms with Crippen LogP contribution in [-0.2, 0) is 0 Å². The lowest BCUT2D eigenvalue weighted by molar-refractivity contribution is -0.0224. The molecule has 2 rings (SSSR count). The van der Waals surface area contributed by atoms with Crippen molar-refractivity contribution in [2.45, 2.75) is 12.3 Å². The van der Waals surface area contributed by atoms with Gasteiger partial charge in [-0.25, -0.2) is 4.79 Å². The molecule has 1 aromatic carbocycles. The van der Waals surface area contributed by atoms with Crippen LogP contribution >= 0.6 is 27.5 Å². The number of fused-ring (bicyclic) bond motifs is 1. The molecule has 2 N–H and O–H groups in total. The number of benzene rings is 1. The van der Waals surface area contributed by atoms with Crippen LogP contribution in [0.5, 0.6) is 5.75 Å². The van der Waals surface area contributed by atoms with Gasteiger partial charge in [0.1, 0.15) is 11.9 Å². The van der Waals surface area contributed by atoms with Crippen LogP contribution < -0.4 is 4.74 Å². The lowest BCUT2D eigenvalue weighted by Crippen LogP contribution is -2.41. The number of amides is 1. The van der Waals surface area contributed by atoms with Crippen LogP contribution in [0.4, 0.5) is 4.79 Å². The summed E-state index contributed by atoms with van der Waals surface area (Å²) in [6.07, 6.45) is -3.22. The van der Waals surface area contributed by atoms with E-state index in [2.05, 4.69) is 15.9 Å². The van der Waals surface area contributed by atoms with Gasteiger partial charge in [-0.2, -0.15) is 0 Å². The Balaban J connectivity index is 2.39. The highest BCUT2D eigenvalue weighted by molar-refractivity contribution is 9.10. The highest BCUT2D eigenvalue weighted by atomic mass is 79.9. The minimum atomic E-state index is -1.18. The minimum Gasteiger partial charge on any atom is -0.465 e. The van der Waals surface area contributed by atoms with E-state index < -0.39 is 18.4 Å². The average Bonchev–Trinajstić information content (AvgIpc) is 2.56. The van der Waals surface area contributed by atoms with Crippen molar-refractivity contribution in [3.63, 3.8) is 0 Å². The first-order valence-corrected chi connectivity index (χ1v) is 5.88. The van der Waals surface area contributed by atoms with Gasteiger partial charge in [-0.15, -0.1) is 0 Å². The Morgan fingerprint density at radius 2 is 2.24 bits per heavy atom. The van der Waals surface area contributed by atoms with Gasteiger partial charge in [-0.3, -0.25) is 4.90 Å². The zero-order valence-electron chi connectivity index (χ0n) is 8.72. The molecule has 1 heterocycles. The topological polar surface area (TPSA) is 70.0 Å². The predicted molar refractivity (Wildman–Crippen MR) is 64.3 cm³/mol. The minimum absolute atomic E-state index is 0.320. The van der Waals surface area contributed by atoms with Crippen LogP contribution in [-0.4, -0.2) is 34.5 Å².